The lowest BCUT2D eigenvalue weighted by atomic mass is 9.99. The summed E-state index contributed by atoms with van der Waals surface area (Å²) in [7, 11) is 3.13. The van der Waals surface area contributed by atoms with Crippen LogP contribution in [0.4, 0.5) is 0 Å². The fraction of sp³-hybridized carbons (Fsp3) is 0.600. The van der Waals surface area contributed by atoms with Gasteiger partial charge in [-0.2, -0.15) is 0 Å². The minimum absolute atomic E-state index is 0.345. The minimum atomic E-state index is -0.345. The lowest BCUT2D eigenvalue weighted by Crippen LogP contribution is -2.36. The first-order valence-corrected chi connectivity index (χ1v) is 6.97. The molecule has 1 aromatic heterocycles. The molecular formula is C15H22N2O3. The van der Waals surface area contributed by atoms with E-state index in [1.165, 1.54) is 20.0 Å². The number of likely N-dealkylation sites (tertiary alicyclic amines) is 1. The number of esters is 1. The molecule has 5 nitrogen and oxygen atoms in total. The van der Waals surface area contributed by atoms with Crippen LogP contribution in [-0.2, 0) is 16.0 Å². The van der Waals surface area contributed by atoms with Crippen molar-refractivity contribution in [3.8, 4) is 0 Å². The van der Waals surface area contributed by atoms with Gasteiger partial charge in [-0.3, -0.25) is 9.88 Å². The lowest BCUT2D eigenvalue weighted by Gasteiger charge is -2.32. The van der Waals surface area contributed by atoms with Crippen LogP contribution in [0.5, 0.6) is 0 Å². The van der Waals surface area contributed by atoms with Crippen molar-refractivity contribution in [2.75, 3.05) is 33.9 Å². The summed E-state index contributed by atoms with van der Waals surface area (Å²) in [6, 6.07) is 3.66. The van der Waals surface area contributed by atoms with Gasteiger partial charge in [-0.05, 0) is 37.4 Å². The molecule has 1 atom stereocenters. The average molecular weight is 278 g/mol. The summed E-state index contributed by atoms with van der Waals surface area (Å²) >= 11 is 0. The SMILES string of the molecule is COCC1CCCN(Cc2ccc(C(=O)OC)cn2)C1. The van der Waals surface area contributed by atoms with E-state index in [9.17, 15) is 4.79 Å². The predicted molar refractivity (Wildman–Crippen MR) is 75.5 cm³/mol. The Morgan fingerprint density at radius 1 is 1.45 bits per heavy atom. The number of hydrogen-bond acceptors (Lipinski definition) is 5. The molecule has 0 aromatic carbocycles. The van der Waals surface area contributed by atoms with Crippen LogP contribution in [0.25, 0.3) is 0 Å². The molecule has 20 heavy (non-hydrogen) atoms. The maximum Gasteiger partial charge on any atom is 0.339 e. The van der Waals surface area contributed by atoms with E-state index in [-0.39, 0.29) is 5.97 Å². The standard InChI is InChI=1S/C15H22N2O3/c1-19-11-12-4-3-7-17(9-12)10-14-6-5-13(8-16-14)15(18)20-2/h5-6,8,12H,3-4,7,9-11H2,1-2H3. The molecule has 1 unspecified atom stereocenters. The highest BCUT2D eigenvalue weighted by molar-refractivity contribution is 5.88. The summed E-state index contributed by atoms with van der Waals surface area (Å²) in [5.74, 6) is 0.269. The fourth-order valence-corrected chi connectivity index (χ4v) is 2.65. The average Bonchev–Trinajstić information content (AvgIpc) is 2.48. The molecule has 0 bridgehead atoms. The molecule has 1 saturated heterocycles. The van der Waals surface area contributed by atoms with Crippen LogP contribution in [0.1, 0.15) is 28.9 Å². The molecule has 0 radical (unpaired) electrons. The summed E-state index contributed by atoms with van der Waals surface area (Å²) < 4.78 is 9.90. The Kier molecular flexibility index (Phi) is 5.49. The van der Waals surface area contributed by atoms with Crippen molar-refractivity contribution in [2.45, 2.75) is 19.4 Å². The number of rotatable bonds is 5. The first-order chi connectivity index (χ1) is 9.72. The Hall–Kier alpha value is -1.46. The zero-order valence-electron chi connectivity index (χ0n) is 12.2. The number of methoxy groups -OCH3 is 2. The number of hydrogen-bond donors (Lipinski definition) is 0. The van der Waals surface area contributed by atoms with E-state index in [4.69, 9.17) is 4.74 Å². The largest absolute Gasteiger partial charge is 0.465 e. The Bertz CT molecular complexity index is 431. The van der Waals surface area contributed by atoms with Gasteiger partial charge in [0.05, 0.1) is 25.0 Å². The number of piperidine rings is 1. The second-order valence-corrected chi connectivity index (χ2v) is 5.23. The van der Waals surface area contributed by atoms with Crippen molar-refractivity contribution in [1.82, 2.24) is 9.88 Å². The smallest absolute Gasteiger partial charge is 0.339 e. The molecule has 1 fully saturated rings. The Morgan fingerprint density at radius 3 is 2.95 bits per heavy atom. The molecule has 0 saturated carbocycles. The topological polar surface area (TPSA) is 51.7 Å². The zero-order chi connectivity index (χ0) is 14.4. The van der Waals surface area contributed by atoms with Gasteiger partial charge in [0.1, 0.15) is 0 Å². The van der Waals surface area contributed by atoms with Gasteiger partial charge in [-0.1, -0.05) is 0 Å². The molecule has 0 amide bonds. The van der Waals surface area contributed by atoms with E-state index in [0.29, 0.717) is 11.5 Å². The zero-order valence-corrected chi connectivity index (χ0v) is 12.2. The predicted octanol–water partition coefficient (Wildman–Crippen LogP) is 1.73. The summed E-state index contributed by atoms with van der Waals surface area (Å²) in [6.45, 7) is 3.79. The molecule has 5 heteroatoms. The van der Waals surface area contributed by atoms with Crippen LogP contribution in [0, 0.1) is 5.92 Å². The number of carbonyl (C=O) groups excluding carboxylic acids is 1. The Morgan fingerprint density at radius 2 is 2.30 bits per heavy atom. The van der Waals surface area contributed by atoms with E-state index in [2.05, 4.69) is 14.6 Å². The van der Waals surface area contributed by atoms with E-state index < -0.39 is 0 Å². The second kappa shape index (κ2) is 7.36. The van der Waals surface area contributed by atoms with Crippen molar-refractivity contribution in [3.63, 3.8) is 0 Å². The van der Waals surface area contributed by atoms with Gasteiger partial charge in [-0.15, -0.1) is 0 Å². The van der Waals surface area contributed by atoms with E-state index in [1.54, 1.807) is 19.4 Å². The molecule has 2 heterocycles. The molecule has 1 aliphatic rings. The molecule has 2 rings (SSSR count). The van der Waals surface area contributed by atoms with Crippen molar-refractivity contribution < 1.29 is 14.3 Å². The van der Waals surface area contributed by atoms with Crippen LogP contribution in [0.2, 0.25) is 0 Å². The van der Waals surface area contributed by atoms with Gasteiger partial charge in [0, 0.05) is 26.4 Å². The van der Waals surface area contributed by atoms with Gasteiger partial charge in [0.15, 0.2) is 0 Å². The van der Waals surface area contributed by atoms with Crippen molar-refractivity contribution in [1.29, 1.82) is 0 Å². The Balaban J connectivity index is 1.91. The van der Waals surface area contributed by atoms with Gasteiger partial charge in [0.25, 0.3) is 0 Å². The van der Waals surface area contributed by atoms with Crippen LogP contribution in [-0.4, -0.2) is 49.8 Å². The highest BCUT2D eigenvalue weighted by atomic mass is 16.5. The number of carbonyl (C=O) groups is 1. The van der Waals surface area contributed by atoms with Gasteiger partial charge in [-0.25, -0.2) is 4.79 Å². The highest BCUT2D eigenvalue weighted by Gasteiger charge is 2.20. The minimum Gasteiger partial charge on any atom is -0.465 e. The normalized spacial score (nSPS) is 19.8. The quantitative estimate of drug-likeness (QED) is 0.768. The van der Waals surface area contributed by atoms with Gasteiger partial charge >= 0.3 is 5.97 Å². The summed E-state index contributed by atoms with van der Waals surface area (Å²) in [5, 5.41) is 0. The van der Waals surface area contributed by atoms with Gasteiger partial charge < -0.3 is 9.47 Å². The number of aromatic nitrogens is 1. The number of pyridine rings is 1. The van der Waals surface area contributed by atoms with E-state index >= 15 is 0 Å². The number of ether oxygens (including phenoxy) is 2. The van der Waals surface area contributed by atoms with Crippen LogP contribution >= 0.6 is 0 Å². The van der Waals surface area contributed by atoms with Crippen molar-refractivity contribution in [2.24, 2.45) is 5.92 Å². The molecule has 1 aliphatic heterocycles. The molecule has 110 valence electrons. The third kappa shape index (κ3) is 4.02. The van der Waals surface area contributed by atoms with Crippen molar-refractivity contribution >= 4 is 5.97 Å². The monoisotopic (exact) mass is 278 g/mol. The Labute approximate surface area is 119 Å². The van der Waals surface area contributed by atoms with Crippen molar-refractivity contribution in [3.05, 3.63) is 29.6 Å². The van der Waals surface area contributed by atoms with E-state index in [1.807, 2.05) is 6.07 Å². The molecule has 0 N–H and O–H groups in total. The fourth-order valence-electron chi connectivity index (χ4n) is 2.65. The lowest BCUT2D eigenvalue weighted by molar-refractivity contribution is 0.0600. The summed E-state index contributed by atoms with van der Waals surface area (Å²) in [5.41, 5.74) is 1.47. The van der Waals surface area contributed by atoms with Gasteiger partial charge in [0.2, 0.25) is 0 Å². The van der Waals surface area contributed by atoms with Crippen LogP contribution in [0.15, 0.2) is 18.3 Å². The van der Waals surface area contributed by atoms with E-state index in [0.717, 1.165) is 31.9 Å². The maximum absolute atomic E-state index is 11.3. The third-order valence-corrected chi connectivity index (χ3v) is 3.64. The first-order valence-electron chi connectivity index (χ1n) is 6.97. The molecule has 0 spiro atoms. The summed E-state index contributed by atoms with van der Waals surface area (Å²) in [6.07, 6.45) is 4.02. The summed E-state index contributed by atoms with van der Waals surface area (Å²) in [4.78, 5) is 18.1. The first kappa shape index (κ1) is 14.9. The molecular weight excluding hydrogens is 256 g/mol. The highest BCUT2D eigenvalue weighted by Crippen LogP contribution is 2.18. The number of nitrogens with zero attached hydrogens (tertiary/aromatic N) is 2. The third-order valence-electron chi connectivity index (χ3n) is 3.64. The van der Waals surface area contributed by atoms with Crippen LogP contribution < -0.4 is 0 Å². The second-order valence-electron chi connectivity index (χ2n) is 5.23. The molecule has 0 aliphatic carbocycles. The molecule has 1 aromatic rings. The maximum atomic E-state index is 11.3. The van der Waals surface area contributed by atoms with Crippen LogP contribution in [0.3, 0.4) is 0 Å².